The number of quaternary nitrogens is 1. The number of hydrogen-bond donors (Lipinski definition) is 0. The number of carboxylic acids is 1. The van der Waals surface area contributed by atoms with Gasteiger partial charge in [-0.05, 0) is 83.5 Å². The molecule has 322 valence electrons. The molecule has 57 heavy (non-hydrogen) atoms. The second kappa shape index (κ2) is 39.1. The summed E-state index contributed by atoms with van der Waals surface area (Å²) in [5.41, 5.74) is 0. The molecule has 0 aliphatic carbocycles. The lowest BCUT2D eigenvalue weighted by molar-refractivity contribution is -0.889. The lowest BCUT2D eigenvalue weighted by Gasteiger charge is -2.34. The van der Waals surface area contributed by atoms with Gasteiger partial charge < -0.3 is 28.6 Å². The average Bonchev–Trinajstić information content (AvgIpc) is 3.17. The molecule has 8 nitrogen and oxygen atoms in total. The van der Waals surface area contributed by atoms with Crippen molar-refractivity contribution in [3.63, 3.8) is 0 Å². The number of aliphatic carboxylic acids is 1. The standard InChI is InChI=1S/C49H79NO7/c1-6-8-10-12-14-16-18-20-22-24-26-28-30-32-34-36-38-40-48(52)57-45(43-55-42-41-46(49(53)54)50(3,4)5)44-56-47(51)39-37-35-33-31-29-27-25-23-21-19-17-15-13-11-9-7-2/h8-11,14-17,20-23,26,28,32,34,45-46H,6-7,12-13,18-19,24-25,27,29-31,33,35-44H2,1-5H3/b10-8+,11-9+,16-14+,17-15+,22-20+,23-21+,28-26+,34-32+. The van der Waals surface area contributed by atoms with E-state index in [1.165, 1.54) is 12.8 Å². The van der Waals surface area contributed by atoms with Crippen LogP contribution < -0.4 is 5.11 Å². The molecule has 0 aliphatic heterocycles. The van der Waals surface area contributed by atoms with Gasteiger partial charge in [0.2, 0.25) is 0 Å². The fraction of sp³-hybridized carbons (Fsp3) is 0.612. The molecule has 0 spiro atoms. The Morgan fingerprint density at radius 1 is 0.526 bits per heavy atom. The van der Waals surface area contributed by atoms with Gasteiger partial charge in [-0.3, -0.25) is 9.59 Å². The zero-order valence-electron chi connectivity index (χ0n) is 36.5. The number of unbranched alkanes of at least 4 members (excludes halogenated alkanes) is 7. The molecule has 0 radical (unpaired) electrons. The Morgan fingerprint density at radius 2 is 0.947 bits per heavy atom. The first kappa shape index (κ1) is 53.2. The number of likely N-dealkylation sites (N-methyl/N-ethyl adjacent to an activating group) is 1. The molecule has 0 heterocycles. The number of carbonyl (C=O) groups excluding carboxylic acids is 3. The van der Waals surface area contributed by atoms with Crippen molar-refractivity contribution in [1.82, 2.24) is 0 Å². The molecule has 0 aromatic heterocycles. The maximum Gasteiger partial charge on any atom is 0.306 e. The van der Waals surface area contributed by atoms with Gasteiger partial charge in [0.15, 0.2) is 6.10 Å². The number of allylic oxidation sites excluding steroid dienone is 16. The van der Waals surface area contributed by atoms with Crippen LogP contribution in [0.5, 0.6) is 0 Å². The molecule has 2 unspecified atom stereocenters. The predicted molar refractivity (Wildman–Crippen MR) is 235 cm³/mol. The first-order valence-corrected chi connectivity index (χ1v) is 21.8. The van der Waals surface area contributed by atoms with E-state index in [9.17, 15) is 19.5 Å². The van der Waals surface area contributed by atoms with Gasteiger partial charge in [-0.1, -0.05) is 137 Å². The molecule has 0 saturated heterocycles. The van der Waals surface area contributed by atoms with Gasteiger partial charge in [0.1, 0.15) is 12.6 Å². The summed E-state index contributed by atoms with van der Waals surface area (Å²) in [6.07, 6.45) is 51.5. The smallest absolute Gasteiger partial charge is 0.306 e. The molecule has 0 fully saturated rings. The molecule has 0 saturated carbocycles. The van der Waals surface area contributed by atoms with Crippen LogP contribution in [0.15, 0.2) is 97.2 Å². The predicted octanol–water partition coefficient (Wildman–Crippen LogP) is 10.6. The van der Waals surface area contributed by atoms with E-state index in [1.807, 2.05) is 0 Å². The van der Waals surface area contributed by atoms with Gasteiger partial charge >= 0.3 is 11.9 Å². The lowest BCUT2D eigenvalue weighted by atomic mass is 10.1. The molecule has 0 amide bonds. The van der Waals surface area contributed by atoms with E-state index >= 15 is 0 Å². The first-order valence-electron chi connectivity index (χ1n) is 21.8. The molecule has 0 aromatic carbocycles. The van der Waals surface area contributed by atoms with Crippen LogP contribution in [0.25, 0.3) is 0 Å². The molecule has 0 rings (SSSR count). The van der Waals surface area contributed by atoms with Gasteiger partial charge in [-0.25, -0.2) is 0 Å². The van der Waals surface area contributed by atoms with E-state index in [0.717, 1.165) is 89.9 Å². The molecular weight excluding hydrogens is 715 g/mol. The molecule has 0 aliphatic rings. The van der Waals surface area contributed by atoms with Crippen molar-refractivity contribution in [3.05, 3.63) is 97.2 Å². The van der Waals surface area contributed by atoms with Crippen LogP contribution in [0, 0.1) is 0 Å². The number of rotatable bonds is 37. The second-order valence-corrected chi connectivity index (χ2v) is 15.2. The van der Waals surface area contributed by atoms with Gasteiger partial charge in [0, 0.05) is 19.3 Å². The Morgan fingerprint density at radius 3 is 1.42 bits per heavy atom. The van der Waals surface area contributed by atoms with Crippen LogP contribution in [0.2, 0.25) is 0 Å². The van der Waals surface area contributed by atoms with Gasteiger partial charge in [0.25, 0.3) is 0 Å². The minimum Gasteiger partial charge on any atom is -0.544 e. The van der Waals surface area contributed by atoms with Crippen LogP contribution >= 0.6 is 0 Å². The number of carbonyl (C=O) groups is 3. The summed E-state index contributed by atoms with van der Waals surface area (Å²) >= 11 is 0. The largest absolute Gasteiger partial charge is 0.544 e. The molecule has 0 aromatic rings. The van der Waals surface area contributed by atoms with Crippen molar-refractivity contribution < 1.29 is 38.2 Å². The van der Waals surface area contributed by atoms with Crippen molar-refractivity contribution >= 4 is 17.9 Å². The highest BCUT2D eigenvalue weighted by Gasteiger charge is 2.25. The molecule has 0 bridgehead atoms. The summed E-state index contributed by atoms with van der Waals surface area (Å²) < 4.78 is 17.1. The Balaban J connectivity index is 4.49. The lowest BCUT2D eigenvalue weighted by Crippen LogP contribution is -2.55. The normalized spacial score (nSPS) is 13.9. The van der Waals surface area contributed by atoms with Gasteiger partial charge in [-0.15, -0.1) is 0 Å². The third-order valence-electron chi connectivity index (χ3n) is 8.97. The van der Waals surface area contributed by atoms with Crippen molar-refractivity contribution in [1.29, 1.82) is 0 Å². The SMILES string of the molecule is CC/C=C/C/C=C/C/C=C/C/C=C/C/C=C/CCCC(=O)OC(COCCC(C(=O)[O-])[N+](C)(C)C)COC(=O)CCCCCCCC/C=C/C/C=C/C/C=C/CC. The van der Waals surface area contributed by atoms with Crippen molar-refractivity contribution in [3.8, 4) is 0 Å². The van der Waals surface area contributed by atoms with Crippen molar-refractivity contribution in [2.24, 2.45) is 0 Å². The molecule has 0 N–H and O–H groups in total. The van der Waals surface area contributed by atoms with Crippen LogP contribution in [-0.4, -0.2) is 75.5 Å². The van der Waals surface area contributed by atoms with Crippen LogP contribution in [0.1, 0.15) is 142 Å². The van der Waals surface area contributed by atoms with E-state index in [2.05, 4.69) is 111 Å². The zero-order valence-corrected chi connectivity index (χ0v) is 36.5. The summed E-state index contributed by atoms with van der Waals surface area (Å²) in [6.45, 7) is 4.33. The minimum atomic E-state index is -1.14. The average molecular weight is 794 g/mol. The van der Waals surface area contributed by atoms with E-state index in [1.54, 1.807) is 21.1 Å². The van der Waals surface area contributed by atoms with Crippen molar-refractivity contribution in [2.75, 3.05) is 41.0 Å². The molecule has 2 atom stereocenters. The fourth-order valence-electron chi connectivity index (χ4n) is 5.65. The Labute approximate surface area is 347 Å². The highest BCUT2D eigenvalue weighted by Crippen LogP contribution is 2.12. The van der Waals surface area contributed by atoms with E-state index < -0.39 is 18.1 Å². The first-order chi connectivity index (χ1) is 27.6. The third kappa shape index (κ3) is 37.6. The number of hydrogen-bond acceptors (Lipinski definition) is 7. The molecule has 8 heteroatoms. The maximum absolute atomic E-state index is 12.7. The van der Waals surface area contributed by atoms with Crippen LogP contribution in [0.4, 0.5) is 0 Å². The monoisotopic (exact) mass is 794 g/mol. The Hall–Kier alpha value is -3.75. The molecular formula is C49H79NO7. The number of nitrogens with zero attached hydrogens (tertiary/aromatic N) is 1. The highest BCUT2D eigenvalue weighted by molar-refractivity contribution is 5.70. The topological polar surface area (TPSA) is 102 Å². The number of esters is 2. The van der Waals surface area contributed by atoms with Crippen molar-refractivity contribution in [2.45, 2.75) is 154 Å². The zero-order chi connectivity index (χ0) is 42.1. The summed E-state index contributed by atoms with van der Waals surface area (Å²) in [7, 11) is 5.37. The fourth-order valence-corrected chi connectivity index (χ4v) is 5.65. The van der Waals surface area contributed by atoms with E-state index in [4.69, 9.17) is 14.2 Å². The number of ether oxygens (including phenoxy) is 3. The summed E-state index contributed by atoms with van der Waals surface area (Å²) in [4.78, 5) is 36.8. The van der Waals surface area contributed by atoms with Gasteiger partial charge in [0.05, 0.1) is 40.3 Å². The highest BCUT2D eigenvalue weighted by atomic mass is 16.6. The van der Waals surface area contributed by atoms with Crippen LogP contribution in [0.3, 0.4) is 0 Å². The maximum atomic E-state index is 12.7. The summed E-state index contributed by atoms with van der Waals surface area (Å²) in [5, 5.41) is 11.6. The number of carboxylic acid groups (broad SMARTS) is 1. The van der Waals surface area contributed by atoms with E-state index in [-0.39, 0.29) is 49.1 Å². The summed E-state index contributed by atoms with van der Waals surface area (Å²) in [5.74, 6) is -1.84. The second-order valence-electron chi connectivity index (χ2n) is 15.2. The summed E-state index contributed by atoms with van der Waals surface area (Å²) in [6, 6.07) is -0.743. The minimum absolute atomic E-state index is 0.00718. The Bertz CT molecular complexity index is 1250. The van der Waals surface area contributed by atoms with Crippen LogP contribution in [-0.2, 0) is 28.6 Å². The van der Waals surface area contributed by atoms with Gasteiger partial charge in [-0.2, -0.15) is 0 Å². The quantitative estimate of drug-likeness (QED) is 0.0267. The Kier molecular flexibility index (Phi) is 36.5. The third-order valence-corrected chi connectivity index (χ3v) is 8.97. The van der Waals surface area contributed by atoms with E-state index in [0.29, 0.717) is 12.8 Å².